The number of aliphatic hydroxyl groups excluding tert-OH is 1. The minimum Gasteiger partial charge on any atom is -0.365 e. The van der Waals surface area contributed by atoms with Crippen LogP contribution in [0.5, 0.6) is 0 Å². The summed E-state index contributed by atoms with van der Waals surface area (Å²) in [6.45, 7) is 4.46. The summed E-state index contributed by atoms with van der Waals surface area (Å²) in [6.07, 6.45) is 5.54. The van der Waals surface area contributed by atoms with Crippen molar-refractivity contribution in [1.82, 2.24) is 0 Å². The molecule has 0 amide bonds. The van der Waals surface area contributed by atoms with Crippen molar-refractivity contribution >= 4 is 23.2 Å². The number of alkyl halides is 2. The molecule has 0 unspecified atom stereocenters. The monoisotopic (exact) mass is 186 g/mol. The highest BCUT2D eigenvalue weighted by atomic mass is 35.5. The Morgan fingerprint density at radius 2 is 1.30 bits per heavy atom. The van der Waals surface area contributed by atoms with E-state index in [-0.39, 0.29) is 0 Å². The van der Waals surface area contributed by atoms with Crippen LogP contribution in [0, 0.1) is 0 Å². The topological polar surface area (TPSA) is 20.2 Å². The fourth-order valence-corrected chi connectivity index (χ4v) is 0.500. The molecule has 0 atom stereocenters. The van der Waals surface area contributed by atoms with E-state index in [2.05, 4.69) is 37.0 Å². The fourth-order valence-electron chi connectivity index (χ4n) is 0.500. The molecule has 0 aliphatic rings. The van der Waals surface area contributed by atoms with Gasteiger partial charge in [0.05, 0.1) is 0 Å². The quantitative estimate of drug-likeness (QED) is 0.530. The molecule has 0 rings (SSSR count). The maximum absolute atomic E-state index is 7.59. The Morgan fingerprint density at radius 1 is 1.10 bits per heavy atom. The molecule has 0 aliphatic heterocycles. The molecule has 0 saturated heterocycles. The summed E-state index contributed by atoms with van der Waals surface area (Å²) in [5.41, 5.74) is 0. The van der Waals surface area contributed by atoms with Crippen LogP contribution < -0.4 is 0 Å². The maximum Gasteiger partial charge on any atom is 0.204 e. The Morgan fingerprint density at radius 3 is 1.40 bits per heavy atom. The lowest BCUT2D eigenvalue weighted by Gasteiger charge is -1.86. The molecule has 0 bridgehead atoms. The van der Waals surface area contributed by atoms with E-state index < -0.39 is 5.02 Å². The van der Waals surface area contributed by atoms with Gasteiger partial charge in [-0.3, -0.25) is 0 Å². The van der Waals surface area contributed by atoms with Gasteiger partial charge in [0, 0.05) is 0 Å². The normalized spacial score (nSPS) is 9.00. The van der Waals surface area contributed by atoms with E-state index >= 15 is 0 Å². The minimum absolute atomic E-state index is 1.22. The highest BCUT2D eigenvalue weighted by molar-refractivity contribution is 6.42. The van der Waals surface area contributed by atoms with Gasteiger partial charge >= 0.3 is 0 Å². The van der Waals surface area contributed by atoms with E-state index in [1.54, 1.807) is 0 Å². The zero-order chi connectivity index (χ0) is 8.41. The number of rotatable bonds is 3. The molecule has 0 aromatic rings. The van der Waals surface area contributed by atoms with Crippen molar-refractivity contribution in [3.05, 3.63) is 0 Å². The minimum atomic E-state index is -1.22. The van der Waals surface area contributed by atoms with E-state index in [9.17, 15) is 0 Å². The third kappa shape index (κ3) is 38.7. The summed E-state index contributed by atoms with van der Waals surface area (Å²) < 4.78 is 0. The molecule has 0 aromatic heterocycles. The Bertz CT molecular complexity index is 42.1. The summed E-state index contributed by atoms with van der Waals surface area (Å²) in [4.78, 5) is 0. The predicted octanol–water partition coefficient (Wildman–Crippen LogP) is 3.33. The number of hydrogen-bond acceptors (Lipinski definition) is 1. The van der Waals surface area contributed by atoms with Crippen LogP contribution in [0.15, 0.2) is 0 Å². The van der Waals surface area contributed by atoms with Crippen LogP contribution >= 0.6 is 23.2 Å². The Balaban J connectivity index is 0. The molecular formula is C7H16Cl2O. The Hall–Kier alpha value is 0.540. The van der Waals surface area contributed by atoms with E-state index in [1.807, 2.05) is 0 Å². The third-order valence-electron chi connectivity index (χ3n) is 0.957. The standard InChI is InChI=1S/C6H14.CH2Cl2O/c1-3-5-6-4-2;2-1(3)4/h3-6H2,1-2H3;1,4H. The molecule has 0 aromatic carbocycles. The molecule has 0 radical (unpaired) electrons. The molecule has 0 fully saturated rings. The van der Waals surface area contributed by atoms with Gasteiger partial charge in [-0.25, -0.2) is 0 Å². The second-order valence-electron chi connectivity index (χ2n) is 1.98. The first-order valence-electron chi connectivity index (χ1n) is 3.61. The van der Waals surface area contributed by atoms with Crippen LogP contribution in [0.1, 0.15) is 39.5 Å². The Kier molecular flexibility index (Phi) is 16.1. The first kappa shape index (κ1) is 13.2. The summed E-state index contributed by atoms with van der Waals surface area (Å²) >= 11 is 9.19. The third-order valence-corrected chi connectivity index (χ3v) is 0.957. The van der Waals surface area contributed by atoms with Crippen LogP contribution in [0.3, 0.4) is 0 Å². The van der Waals surface area contributed by atoms with Crippen molar-refractivity contribution in [3.63, 3.8) is 0 Å². The SMILES string of the molecule is CCCCCC.OC(Cl)Cl. The van der Waals surface area contributed by atoms with Gasteiger partial charge in [0.1, 0.15) is 0 Å². The lowest BCUT2D eigenvalue weighted by atomic mass is 10.2. The highest BCUT2D eigenvalue weighted by Gasteiger charge is 1.76. The fraction of sp³-hybridized carbons (Fsp3) is 1.00. The van der Waals surface area contributed by atoms with Gasteiger partial charge in [-0.2, -0.15) is 0 Å². The van der Waals surface area contributed by atoms with Gasteiger partial charge in [0.2, 0.25) is 5.02 Å². The largest absolute Gasteiger partial charge is 0.365 e. The molecule has 64 valence electrons. The average Bonchev–Trinajstić information content (AvgIpc) is 1.82. The Labute approximate surface area is 73.3 Å². The van der Waals surface area contributed by atoms with Crippen LogP contribution in [0.25, 0.3) is 0 Å². The van der Waals surface area contributed by atoms with Crippen LogP contribution in [-0.4, -0.2) is 10.1 Å². The van der Waals surface area contributed by atoms with E-state index in [0.717, 1.165) is 0 Å². The first-order valence-corrected chi connectivity index (χ1v) is 4.48. The molecule has 0 saturated carbocycles. The summed E-state index contributed by atoms with van der Waals surface area (Å²) in [6, 6.07) is 0. The summed E-state index contributed by atoms with van der Waals surface area (Å²) in [7, 11) is 0. The van der Waals surface area contributed by atoms with Gasteiger partial charge in [0.25, 0.3) is 0 Å². The molecule has 10 heavy (non-hydrogen) atoms. The molecule has 3 heteroatoms. The lowest BCUT2D eigenvalue weighted by Crippen LogP contribution is -1.73. The van der Waals surface area contributed by atoms with Crippen molar-refractivity contribution in [2.75, 3.05) is 0 Å². The smallest absolute Gasteiger partial charge is 0.204 e. The molecule has 0 aliphatic carbocycles. The number of unbranched alkanes of at least 4 members (excludes halogenated alkanes) is 3. The summed E-state index contributed by atoms with van der Waals surface area (Å²) in [5.74, 6) is 0. The van der Waals surface area contributed by atoms with Crippen molar-refractivity contribution in [2.45, 2.75) is 44.6 Å². The zero-order valence-corrected chi connectivity index (χ0v) is 8.12. The number of aliphatic hydroxyl groups is 1. The lowest BCUT2D eigenvalue weighted by molar-refractivity contribution is 0.333. The van der Waals surface area contributed by atoms with Gasteiger partial charge in [0.15, 0.2) is 0 Å². The van der Waals surface area contributed by atoms with E-state index in [0.29, 0.717) is 0 Å². The predicted molar refractivity (Wildman–Crippen MR) is 47.5 cm³/mol. The van der Waals surface area contributed by atoms with Crippen molar-refractivity contribution in [2.24, 2.45) is 0 Å². The van der Waals surface area contributed by atoms with Crippen molar-refractivity contribution in [3.8, 4) is 0 Å². The van der Waals surface area contributed by atoms with Gasteiger partial charge in [-0.05, 0) is 0 Å². The summed E-state index contributed by atoms with van der Waals surface area (Å²) in [5, 5.41) is 6.36. The second kappa shape index (κ2) is 12.2. The molecule has 0 spiro atoms. The van der Waals surface area contributed by atoms with E-state index in [4.69, 9.17) is 5.11 Å². The van der Waals surface area contributed by atoms with Gasteiger partial charge in [-0.15, -0.1) is 0 Å². The van der Waals surface area contributed by atoms with Gasteiger partial charge < -0.3 is 5.11 Å². The van der Waals surface area contributed by atoms with Crippen LogP contribution in [-0.2, 0) is 0 Å². The van der Waals surface area contributed by atoms with Crippen molar-refractivity contribution < 1.29 is 5.11 Å². The van der Waals surface area contributed by atoms with Crippen LogP contribution in [0.4, 0.5) is 0 Å². The molecule has 0 heterocycles. The molecular weight excluding hydrogens is 171 g/mol. The number of hydrogen-bond donors (Lipinski definition) is 1. The first-order chi connectivity index (χ1) is 4.65. The second-order valence-corrected chi connectivity index (χ2v) is 3.03. The van der Waals surface area contributed by atoms with E-state index in [1.165, 1.54) is 25.7 Å². The maximum atomic E-state index is 7.59. The average molecular weight is 187 g/mol. The highest BCUT2D eigenvalue weighted by Crippen LogP contribution is 1.95. The molecule has 1 nitrogen and oxygen atoms in total. The zero-order valence-electron chi connectivity index (χ0n) is 6.61. The van der Waals surface area contributed by atoms with Crippen LogP contribution in [0.2, 0.25) is 0 Å². The number of halogens is 2. The van der Waals surface area contributed by atoms with Gasteiger partial charge in [-0.1, -0.05) is 62.7 Å². The van der Waals surface area contributed by atoms with Crippen molar-refractivity contribution in [1.29, 1.82) is 0 Å². The molecule has 1 N–H and O–H groups in total.